The van der Waals surface area contributed by atoms with Gasteiger partial charge in [-0.05, 0) is 43.9 Å². The molecule has 0 radical (unpaired) electrons. The number of Topliss-reactive ketones (excluding diaryl/α,β-unsaturated/α-hetero) is 1. The first-order valence-electron chi connectivity index (χ1n) is 9.27. The Labute approximate surface area is 154 Å². The summed E-state index contributed by atoms with van der Waals surface area (Å²) >= 11 is 0. The molecule has 0 aromatic heterocycles. The van der Waals surface area contributed by atoms with E-state index >= 15 is 0 Å². The largest absolute Gasteiger partial charge is 0.294 e. The third-order valence-electron chi connectivity index (χ3n) is 5.51. The minimum atomic E-state index is -0.119. The number of para-hydroxylation sites is 1. The maximum atomic E-state index is 13.1. The number of hydrogen-bond acceptors (Lipinski definition) is 2. The number of carbonyl (C=O) groups excluding carboxylic acids is 2. The predicted octanol–water partition coefficient (Wildman–Crippen LogP) is 4.83. The maximum Gasteiger partial charge on any atom is 0.232 e. The molecule has 1 heterocycles. The van der Waals surface area contributed by atoms with Gasteiger partial charge in [0.25, 0.3) is 0 Å². The van der Waals surface area contributed by atoms with E-state index in [2.05, 4.69) is 24.3 Å². The molecule has 0 fully saturated rings. The van der Waals surface area contributed by atoms with Gasteiger partial charge in [-0.2, -0.15) is 0 Å². The third-order valence-corrected chi connectivity index (χ3v) is 5.51. The molecule has 2 aromatic rings. The first kappa shape index (κ1) is 16.8. The van der Waals surface area contributed by atoms with Gasteiger partial charge in [0.2, 0.25) is 5.91 Å². The average Bonchev–Trinajstić information content (AvgIpc) is 2.63. The summed E-state index contributed by atoms with van der Waals surface area (Å²) in [6, 6.07) is 16.1. The summed E-state index contributed by atoms with van der Waals surface area (Å²) in [6.07, 6.45) is 2.52. The van der Waals surface area contributed by atoms with Crippen LogP contribution in [0.2, 0.25) is 0 Å². The Morgan fingerprint density at radius 1 is 0.923 bits per heavy atom. The lowest BCUT2D eigenvalue weighted by Crippen LogP contribution is -2.40. The number of ketones is 1. The number of aryl methyl sites for hydroxylation is 2. The highest BCUT2D eigenvalue weighted by atomic mass is 16.2. The second-order valence-corrected chi connectivity index (χ2v) is 7.32. The molecule has 0 spiro atoms. The lowest BCUT2D eigenvalue weighted by molar-refractivity contribution is -0.119. The second kappa shape index (κ2) is 6.56. The van der Waals surface area contributed by atoms with Gasteiger partial charge in [0, 0.05) is 30.0 Å². The van der Waals surface area contributed by atoms with E-state index in [1.165, 1.54) is 5.56 Å². The second-order valence-electron chi connectivity index (χ2n) is 7.32. The zero-order valence-electron chi connectivity index (χ0n) is 15.3. The van der Waals surface area contributed by atoms with Crippen LogP contribution in [0.25, 0.3) is 0 Å². The van der Waals surface area contributed by atoms with Crippen LogP contribution < -0.4 is 4.90 Å². The average molecular weight is 345 g/mol. The summed E-state index contributed by atoms with van der Waals surface area (Å²) in [6.45, 7) is 4.06. The van der Waals surface area contributed by atoms with Crippen LogP contribution in [-0.4, -0.2) is 11.7 Å². The van der Waals surface area contributed by atoms with Crippen molar-refractivity contribution in [1.82, 2.24) is 0 Å². The van der Waals surface area contributed by atoms with Crippen molar-refractivity contribution in [2.45, 2.75) is 45.4 Å². The first-order chi connectivity index (χ1) is 12.6. The molecule has 1 aliphatic heterocycles. The van der Waals surface area contributed by atoms with Crippen molar-refractivity contribution in [3.63, 3.8) is 0 Å². The molecule has 4 rings (SSSR count). The van der Waals surface area contributed by atoms with Crippen LogP contribution in [0.4, 0.5) is 5.69 Å². The van der Waals surface area contributed by atoms with Crippen molar-refractivity contribution in [3.05, 3.63) is 76.5 Å². The molecule has 0 bridgehead atoms. The normalized spacial score (nSPS) is 20.4. The summed E-state index contributed by atoms with van der Waals surface area (Å²) in [5.41, 5.74) is 5.97. The molecule has 0 saturated heterocycles. The molecule has 0 saturated carbocycles. The maximum absolute atomic E-state index is 13.1. The van der Waals surface area contributed by atoms with Crippen molar-refractivity contribution >= 4 is 17.4 Å². The van der Waals surface area contributed by atoms with Crippen molar-refractivity contribution < 1.29 is 9.59 Å². The van der Waals surface area contributed by atoms with Gasteiger partial charge in [0.15, 0.2) is 5.78 Å². The lowest BCUT2D eigenvalue weighted by atomic mass is 9.77. The Hall–Kier alpha value is -2.68. The Morgan fingerprint density at radius 2 is 1.65 bits per heavy atom. The highest BCUT2D eigenvalue weighted by molar-refractivity contribution is 6.07. The molecule has 1 atom stereocenters. The van der Waals surface area contributed by atoms with Crippen LogP contribution >= 0.6 is 0 Å². The van der Waals surface area contributed by atoms with Crippen molar-refractivity contribution in [1.29, 1.82) is 0 Å². The molecular formula is C23H23NO2. The van der Waals surface area contributed by atoms with Gasteiger partial charge >= 0.3 is 0 Å². The fraction of sp³-hybridized carbons (Fsp3) is 0.304. The highest BCUT2D eigenvalue weighted by Gasteiger charge is 2.39. The van der Waals surface area contributed by atoms with Gasteiger partial charge in [0.1, 0.15) is 0 Å². The van der Waals surface area contributed by atoms with Crippen LogP contribution in [0, 0.1) is 13.8 Å². The van der Waals surface area contributed by atoms with Crippen LogP contribution in [0.15, 0.2) is 59.8 Å². The highest BCUT2D eigenvalue weighted by Crippen LogP contribution is 2.43. The smallest absolute Gasteiger partial charge is 0.232 e. The van der Waals surface area contributed by atoms with E-state index in [0.29, 0.717) is 12.8 Å². The zero-order valence-corrected chi connectivity index (χ0v) is 15.3. The SMILES string of the molecule is Cc1ccc(C2CC(=O)N(c3ccccc3C)C3=C2C(=O)CCC3)cc1. The monoisotopic (exact) mass is 345 g/mol. The number of nitrogens with zero attached hydrogens (tertiary/aromatic N) is 1. The number of benzene rings is 2. The van der Waals surface area contributed by atoms with Gasteiger partial charge < -0.3 is 0 Å². The molecule has 3 heteroatoms. The van der Waals surface area contributed by atoms with E-state index in [0.717, 1.165) is 40.9 Å². The van der Waals surface area contributed by atoms with E-state index in [1.807, 2.05) is 43.0 Å². The van der Waals surface area contributed by atoms with Crippen LogP contribution in [-0.2, 0) is 9.59 Å². The fourth-order valence-electron chi connectivity index (χ4n) is 4.17. The summed E-state index contributed by atoms with van der Waals surface area (Å²) in [5.74, 6) is 0.160. The number of anilines is 1. The van der Waals surface area contributed by atoms with Gasteiger partial charge in [0.05, 0.1) is 5.69 Å². The molecule has 1 aliphatic carbocycles. The van der Waals surface area contributed by atoms with E-state index in [-0.39, 0.29) is 17.6 Å². The fourth-order valence-corrected chi connectivity index (χ4v) is 4.17. The number of carbonyl (C=O) groups is 2. The Bertz CT molecular complexity index is 908. The number of rotatable bonds is 2. The number of allylic oxidation sites excluding steroid dienone is 2. The van der Waals surface area contributed by atoms with Gasteiger partial charge in [-0.1, -0.05) is 48.0 Å². The summed E-state index contributed by atoms with van der Waals surface area (Å²) in [5, 5.41) is 0. The van der Waals surface area contributed by atoms with Gasteiger partial charge in [-0.15, -0.1) is 0 Å². The van der Waals surface area contributed by atoms with Crippen molar-refractivity contribution in [2.24, 2.45) is 0 Å². The molecule has 1 unspecified atom stereocenters. The van der Waals surface area contributed by atoms with Crippen molar-refractivity contribution in [3.8, 4) is 0 Å². The number of hydrogen-bond donors (Lipinski definition) is 0. The molecular weight excluding hydrogens is 322 g/mol. The van der Waals surface area contributed by atoms with E-state index < -0.39 is 0 Å². The molecule has 2 aliphatic rings. The van der Waals surface area contributed by atoms with Crippen LogP contribution in [0.5, 0.6) is 0 Å². The lowest BCUT2D eigenvalue weighted by Gasteiger charge is -2.39. The van der Waals surface area contributed by atoms with Crippen LogP contribution in [0.3, 0.4) is 0 Å². The van der Waals surface area contributed by atoms with Gasteiger partial charge in [-0.3, -0.25) is 14.5 Å². The molecule has 2 aromatic carbocycles. The quantitative estimate of drug-likeness (QED) is 0.782. The minimum absolute atomic E-state index is 0.0818. The summed E-state index contributed by atoms with van der Waals surface area (Å²) in [7, 11) is 0. The minimum Gasteiger partial charge on any atom is -0.294 e. The van der Waals surface area contributed by atoms with Crippen LogP contribution in [0.1, 0.15) is 48.3 Å². The van der Waals surface area contributed by atoms with E-state index in [1.54, 1.807) is 0 Å². The molecule has 3 nitrogen and oxygen atoms in total. The molecule has 1 amide bonds. The zero-order chi connectivity index (χ0) is 18.3. The first-order valence-corrected chi connectivity index (χ1v) is 9.27. The number of amides is 1. The molecule has 0 N–H and O–H groups in total. The van der Waals surface area contributed by atoms with E-state index in [9.17, 15) is 9.59 Å². The Balaban J connectivity index is 1.87. The summed E-state index contributed by atoms with van der Waals surface area (Å²) < 4.78 is 0. The molecule has 26 heavy (non-hydrogen) atoms. The standard InChI is InChI=1S/C23H23NO2/c1-15-10-12-17(13-11-15)18-14-22(26)24(19-7-4-3-6-16(19)2)20-8-5-9-21(25)23(18)20/h3-4,6-7,10-13,18H,5,8-9,14H2,1-2H3. The molecule has 132 valence electrons. The predicted molar refractivity (Wildman–Crippen MR) is 103 cm³/mol. The topological polar surface area (TPSA) is 37.4 Å². The van der Waals surface area contributed by atoms with Gasteiger partial charge in [-0.25, -0.2) is 0 Å². The Morgan fingerprint density at radius 3 is 2.38 bits per heavy atom. The van der Waals surface area contributed by atoms with E-state index in [4.69, 9.17) is 0 Å². The van der Waals surface area contributed by atoms with Crippen molar-refractivity contribution in [2.75, 3.05) is 4.90 Å². The summed E-state index contributed by atoms with van der Waals surface area (Å²) in [4.78, 5) is 27.8. The Kier molecular flexibility index (Phi) is 4.23. The third kappa shape index (κ3) is 2.78.